The summed E-state index contributed by atoms with van der Waals surface area (Å²) < 4.78 is 8.33. The van der Waals surface area contributed by atoms with Crippen molar-refractivity contribution in [3.05, 3.63) is 109 Å². The molecule has 0 amide bonds. The topological polar surface area (TPSA) is 31.0 Å². The Morgan fingerprint density at radius 1 is 0.594 bits per heavy atom. The lowest BCUT2D eigenvalue weighted by atomic mass is 10.1. The number of hydrogen-bond donors (Lipinski definition) is 0. The van der Waals surface area contributed by atoms with Crippen LogP contribution in [0.1, 0.15) is 0 Å². The number of nitrogens with zero attached hydrogens (tertiary/aromatic N) is 2. The molecule has 0 N–H and O–H groups in total. The van der Waals surface area contributed by atoms with E-state index in [0.717, 1.165) is 50.0 Å². The smallest absolute Gasteiger partial charge is 0.145 e. The Bertz CT molecular complexity index is 1770. The average Bonchev–Trinajstić information content (AvgIpc) is 3.43. The summed E-state index contributed by atoms with van der Waals surface area (Å²) in [7, 11) is 0. The summed E-state index contributed by atoms with van der Waals surface area (Å²) in [5, 5.41) is 4.63. The van der Waals surface area contributed by atoms with Crippen molar-refractivity contribution in [3.63, 3.8) is 0 Å². The molecule has 7 rings (SSSR count). The van der Waals surface area contributed by atoms with Crippen molar-refractivity contribution in [2.24, 2.45) is 0 Å². The van der Waals surface area contributed by atoms with Crippen molar-refractivity contribution in [2.75, 3.05) is 0 Å². The van der Waals surface area contributed by atoms with Crippen LogP contribution in [0.5, 0.6) is 0 Å². The third kappa shape index (κ3) is 2.45. The molecule has 0 radical (unpaired) electrons. The zero-order chi connectivity index (χ0) is 21.1. The van der Waals surface area contributed by atoms with Crippen molar-refractivity contribution in [1.29, 1.82) is 0 Å². The minimum atomic E-state index is 0.891. The molecule has 0 atom stereocenters. The number of rotatable bonds is 2. The van der Waals surface area contributed by atoms with Gasteiger partial charge in [0.1, 0.15) is 17.0 Å². The van der Waals surface area contributed by atoms with Crippen molar-refractivity contribution < 1.29 is 4.42 Å². The second-order valence-corrected chi connectivity index (χ2v) is 8.07. The van der Waals surface area contributed by atoms with Crippen molar-refractivity contribution in [1.82, 2.24) is 9.55 Å². The lowest BCUT2D eigenvalue weighted by molar-refractivity contribution is 0.669. The lowest BCUT2D eigenvalue weighted by Crippen LogP contribution is -1.97. The molecule has 0 saturated heterocycles. The van der Waals surface area contributed by atoms with Crippen molar-refractivity contribution >= 4 is 43.7 Å². The fourth-order valence-electron chi connectivity index (χ4n) is 4.73. The molecule has 150 valence electrons. The van der Waals surface area contributed by atoms with Crippen LogP contribution in [0.15, 0.2) is 114 Å². The van der Waals surface area contributed by atoms with Crippen LogP contribution >= 0.6 is 0 Å². The summed E-state index contributed by atoms with van der Waals surface area (Å²) in [6.07, 6.45) is 0. The summed E-state index contributed by atoms with van der Waals surface area (Å²) in [5.41, 5.74) is 6.07. The van der Waals surface area contributed by atoms with Gasteiger partial charge in [-0.3, -0.25) is 4.57 Å². The van der Waals surface area contributed by atoms with Gasteiger partial charge in [-0.15, -0.1) is 0 Å². The first-order chi connectivity index (χ1) is 15.9. The van der Waals surface area contributed by atoms with Gasteiger partial charge in [0.2, 0.25) is 0 Å². The second kappa shape index (κ2) is 6.56. The SMILES string of the molecule is c1ccc(-n2c(-c3ccc4oc5ccccc5c4c3)nc3ccc4ccccc4c32)cc1. The first kappa shape index (κ1) is 17.3. The Labute approximate surface area is 184 Å². The maximum atomic E-state index is 6.05. The van der Waals surface area contributed by atoms with Gasteiger partial charge in [0, 0.05) is 27.4 Å². The van der Waals surface area contributed by atoms with Crippen LogP contribution in [0.25, 0.3) is 60.8 Å². The Morgan fingerprint density at radius 3 is 2.25 bits per heavy atom. The molecule has 2 heterocycles. The monoisotopic (exact) mass is 410 g/mol. The van der Waals surface area contributed by atoms with Crippen LogP contribution < -0.4 is 0 Å². The number of aromatic nitrogens is 2. The van der Waals surface area contributed by atoms with Gasteiger partial charge in [-0.05, 0) is 47.9 Å². The number of hydrogen-bond acceptors (Lipinski definition) is 2. The normalized spacial score (nSPS) is 11.8. The first-order valence-corrected chi connectivity index (χ1v) is 10.7. The highest BCUT2D eigenvalue weighted by atomic mass is 16.3. The number of furan rings is 1. The van der Waals surface area contributed by atoms with E-state index in [1.165, 1.54) is 10.8 Å². The summed E-state index contributed by atoms with van der Waals surface area (Å²) in [6, 6.07) is 37.8. The van der Waals surface area contributed by atoms with Gasteiger partial charge in [0.05, 0.1) is 11.0 Å². The van der Waals surface area contributed by atoms with Crippen LogP contribution in [0.3, 0.4) is 0 Å². The molecule has 3 nitrogen and oxygen atoms in total. The lowest BCUT2D eigenvalue weighted by Gasteiger charge is -2.11. The van der Waals surface area contributed by atoms with Crippen LogP contribution in [-0.2, 0) is 0 Å². The quantitative estimate of drug-likeness (QED) is 0.292. The number of fused-ring (bicyclic) bond motifs is 6. The fourth-order valence-corrected chi connectivity index (χ4v) is 4.73. The zero-order valence-electron chi connectivity index (χ0n) is 17.2. The minimum absolute atomic E-state index is 0.891. The summed E-state index contributed by atoms with van der Waals surface area (Å²) >= 11 is 0. The molecular formula is C29H18N2O. The maximum Gasteiger partial charge on any atom is 0.145 e. The van der Waals surface area contributed by atoms with E-state index in [-0.39, 0.29) is 0 Å². The molecule has 5 aromatic carbocycles. The molecule has 0 spiro atoms. The maximum absolute atomic E-state index is 6.05. The molecule has 0 aliphatic heterocycles. The van der Waals surface area contributed by atoms with Crippen molar-refractivity contribution in [3.8, 4) is 17.1 Å². The Balaban J connectivity index is 1.60. The van der Waals surface area contributed by atoms with E-state index in [0.29, 0.717) is 0 Å². The number of benzene rings is 5. The molecule has 3 heteroatoms. The van der Waals surface area contributed by atoms with Crippen LogP contribution in [0.2, 0.25) is 0 Å². The third-order valence-corrected chi connectivity index (χ3v) is 6.19. The molecule has 0 saturated carbocycles. The Hall–Kier alpha value is -4.37. The molecule has 2 aromatic heterocycles. The van der Waals surface area contributed by atoms with Gasteiger partial charge in [-0.25, -0.2) is 4.98 Å². The zero-order valence-corrected chi connectivity index (χ0v) is 17.2. The predicted octanol–water partition coefficient (Wildman–Crippen LogP) is 7.75. The number of para-hydroxylation sites is 2. The van der Waals surface area contributed by atoms with Gasteiger partial charge in [-0.1, -0.05) is 66.7 Å². The minimum Gasteiger partial charge on any atom is -0.456 e. The van der Waals surface area contributed by atoms with Gasteiger partial charge < -0.3 is 4.42 Å². The Morgan fingerprint density at radius 2 is 1.34 bits per heavy atom. The van der Waals surface area contributed by atoms with E-state index in [9.17, 15) is 0 Å². The van der Waals surface area contributed by atoms with E-state index in [1.54, 1.807) is 0 Å². The highest BCUT2D eigenvalue weighted by molar-refractivity contribution is 6.08. The van der Waals surface area contributed by atoms with Crippen LogP contribution in [-0.4, -0.2) is 9.55 Å². The van der Waals surface area contributed by atoms with Gasteiger partial charge >= 0.3 is 0 Å². The number of imidazole rings is 1. The van der Waals surface area contributed by atoms with Crippen LogP contribution in [0.4, 0.5) is 0 Å². The molecule has 7 aromatic rings. The van der Waals surface area contributed by atoms with E-state index < -0.39 is 0 Å². The molecule has 0 aliphatic carbocycles. The van der Waals surface area contributed by atoms with E-state index in [1.807, 2.05) is 18.2 Å². The summed E-state index contributed by atoms with van der Waals surface area (Å²) in [6.45, 7) is 0. The molecule has 0 aliphatic rings. The molecular weight excluding hydrogens is 392 g/mol. The van der Waals surface area contributed by atoms with Crippen LogP contribution in [0, 0.1) is 0 Å². The highest BCUT2D eigenvalue weighted by Gasteiger charge is 2.18. The first-order valence-electron chi connectivity index (χ1n) is 10.7. The predicted molar refractivity (Wildman–Crippen MR) is 131 cm³/mol. The Kier molecular flexibility index (Phi) is 3.55. The second-order valence-electron chi connectivity index (χ2n) is 8.07. The molecule has 0 unspecified atom stereocenters. The molecule has 0 bridgehead atoms. The van der Waals surface area contributed by atoms with E-state index in [2.05, 4.69) is 95.6 Å². The third-order valence-electron chi connectivity index (χ3n) is 6.19. The fraction of sp³-hybridized carbons (Fsp3) is 0. The molecule has 32 heavy (non-hydrogen) atoms. The standard InChI is InChI=1S/C29H18N2O/c1-2-9-21(10-3-1)31-28-22-11-5-4-8-19(22)14-16-25(28)30-29(31)20-15-17-27-24(18-20)23-12-6-7-13-26(23)32-27/h1-18H. The van der Waals surface area contributed by atoms with Crippen molar-refractivity contribution in [2.45, 2.75) is 0 Å². The van der Waals surface area contributed by atoms with E-state index in [4.69, 9.17) is 9.40 Å². The highest BCUT2D eigenvalue weighted by Crippen LogP contribution is 2.36. The van der Waals surface area contributed by atoms with Gasteiger partial charge in [0.15, 0.2) is 0 Å². The average molecular weight is 410 g/mol. The molecule has 0 fully saturated rings. The van der Waals surface area contributed by atoms with Gasteiger partial charge in [0.25, 0.3) is 0 Å². The van der Waals surface area contributed by atoms with E-state index >= 15 is 0 Å². The summed E-state index contributed by atoms with van der Waals surface area (Å²) in [5.74, 6) is 0.926. The summed E-state index contributed by atoms with van der Waals surface area (Å²) in [4.78, 5) is 5.11. The largest absolute Gasteiger partial charge is 0.456 e. The van der Waals surface area contributed by atoms with Gasteiger partial charge in [-0.2, -0.15) is 0 Å².